The zero-order valence-corrected chi connectivity index (χ0v) is 11.6. The smallest absolute Gasteiger partial charge is 0.0951 e. The molecule has 1 aliphatic carbocycles. The molecule has 3 rings (SSSR count). The lowest BCUT2D eigenvalue weighted by molar-refractivity contribution is 0.0178. The molecule has 3 heteroatoms. The van der Waals surface area contributed by atoms with E-state index in [-0.39, 0.29) is 12.1 Å². The third-order valence-corrected chi connectivity index (χ3v) is 4.59. The molecule has 104 valence electrons. The number of ether oxygens (including phenoxy) is 1. The standard InChI is InChI=1S/C16H23NO2/c1-19-11-12-5-4-8-17(10-12)15-9-13-6-2-3-7-14(13)16(15)18/h2-3,6-7,12,15-16,18H,4-5,8-11H2,1H3. The molecular formula is C16H23NO2. The summed E-state index contributed by atoms with van der Waals surface area (Å²) >= 11 is 0. The van der Waals surface area contributed by atoms with Gasteiger partial charge in [-0.05, 0) is 42.9 Å². The molecule has 2 aliphatic rings. The number of methoxy groups -OCH3 is 1. The molecule has 0 saturated carbocycles. The topological polar surface area (TPSA) is 32.7 Å². The molecule has 1 heterocycles. The minimum atomic E-state index is -0.322. The predicted molar refractivity (Wildman–Crippen MR) is 75.1 cm³/mol. The average molecular weight is 261 g/mol. The molecule has 1 N–H and O–H groups in total. The lowest BCUT2D eigenvalue weighted by atomic mass is 9.96. The zero-order valence-electron chi connectivity index (χ0n) is 11.6. The summed E-state index contributed by atoms with van der Waals surface area (Å²) in [5.74, 6) is 0.620. The van der Waals surface area contributed by atoms with Crippen molar-refractivity contribution in [2.45, 2.75) is 31.4 Å². The van der Waals surface area contributed by atoms with Gasteiger partial charge in [0, 0.05) is 19.7 Å². The Balaban J connectivity index is 1.71. The summed E-state index contributed by atoms with van der Waals surface area (Å²) in [4.78, 5) is 2.47. The van der Waals surface area contributed by atoms with Gasteiger partial charge < -0.3 is 9.84 Å². The van der Waals surface area contributed by atoms with Gasteiger partial charge in [-0.3, -0.25) is 4.90 Å². The summed E-state index contributed by atoms with van der Waals surface area (Å²) in [6, 6.07) is 8.56. The molecule has 0 radical (unpaired) electrons. The maximum Gasteiger partial charge on any atom is 0.0951 e. The highest BCUT2D eigenvalue weighted by Crippen LogP contribution is 2.36. The van der Waals surface area contributed by atoms with Crippen LogP contribution in [0.1, 0.15) is 30.1 Å². The number of hydrogen-bond donors (Lipinski definition) is 1. The van der Waals surface area contributed by atoms with Gasteiger partial charge in [-0.1, -0.05) is 24.3 Å². The van der Waals surface area contributed by atoms with Gasteiger partial charge >= 0.3 is 0 Å². The van der Waals surface area contributed by atoms with Crippen molar-refractivity contribution < 1.29 is 9.84 Å². The second-order valence-electron chi connectivity index (χ2n) is 5.87. The number of nitrogens with zero attached hydrogens (tertiary/aromatic N) is 1. The number of rotatable bonds is 3. The zero-order chi connectivity index (χ0) is 13.2. The molecule has 1 fully saturated rings. The number of likely N-dealkylation sites (tertiary alicyclic amines) is 1. The van der Waals surface area contributed by atoms with Crippen molar-refractivity contribution in [3.8, 4) is 0 Å². The van der Waals surface area contributed by atoms with Gasteiger partial charge in [-0.25, -0.2) is 0 Å². The Morgan fingerprint density at radius 1 is 1.37 bits per heavy atom. The van der Waals surface area contributed by atoms with Crippen LogP contribution in [-0.2, 0) is 11.2 Å². The van der Waals surface area contributed by atoms with E-state index in [1.807, 2.05) is 6.07 Å². The van der Waals surface area contributed by atoms with Crippen molar-refractivity contribution in [2.24, 2.45) is 5.92 Å². The second-order valence-corrected chi connectivity index (χ2v) is 5.87. The highest BCUT2D eigenvalue weighted by molar-refractivity contribution is 5.35. The third-order valence-electron chi connectivity index (χ3n) is 4.59. The van der Waals surface area contributed by atoms with E-state index < -0.39 is 0 Å². The normalized spacial score (nSPS) is 31.4. The molecule has 1 saturated heterocycles. The number of aliphatic hydroxyl groups excluding tert-OH is 1. The van der Waals surface area contributed by atoms with Crippen molar-refractivity contribution in [1.29, 1.82) is 0 Å². The van der Waals surface area contributed by atoms with E-state index >= 15 is 0 Å². The first-order chi connectivity index (χ1) is 9.29. The Morgan fingerprint density at radius 2 is 2.21 bits per heavy atom. The van der Waals surface area contributed by atoms with Gasteiger partial charge in [0.15, 0.2) is 0 Å². The predicted octanol–water partition coefficient (Wildman–Crippen LogP) is 2.00. The summed E-state index contributed by atoms with van der Waals surface area (Å²) in [6.07, 6.45) is 3.13. The fourth-order valence-corrected chi connectivity index (χ4v) is 3.65. The quantitative estimate of drug-likeness (QED) is 0.903. The molecule has 1 aromatic rings. The Hall–Kier alpha value is -0.900. The van der Waals surface area contributed by atoms with Gasteiger partial charge in [0.05, 0.1) is 12.7 Å². The molecular weight excluding hydrogens is 238 g/mol. The number of hydrogen-bond acceptors (Lipinski definition) is 3. The van der Waals surface area contributed by atoms with Gasteiger partial charge in [0.2, 0.25) is 0 Å². The summed E-state index contributed by atoms with van der Waals surface area (Å²) in [7, 11) is 1.78. The Bertz CT molecular complexity index is 433. The molecule has 19 heavy (non-hydrogen) atoms. The van der Waals surface area contributed by atoms with Crippen LogP contribution < -0.4 is 0 Å². The van der Waals surface area contributed by atoms with Crippen LogP contribution >= 0.6 is 0 Å². The van der Waals surface area contributed by atoms with Gasteiger partial charge in [-0.15, -0.1) is 0 Å². The van der Waals surface area contributed by atoms with Crippen LogP contribution in [0, 0.1) is 5.92 Å². The van der Waals surface area contributed by atoms with E-state index in [1.54, 1.807) is 7.11 Å². The summed E-state index contributed by atoms with van der Waals surface area (Å²) in [5.41, 5.74) is 2.44. The number of piperidine rings is 1. The molecule has 0 aromatic heterocycles. The van der Waals surface area contributed by atoms with Crippen LogP contribution in [-0.4, -0.2) is 42.9 Å². The summed E-state index contributed by atoms with van der Waals surface area (Å²) in [5, 5.41) is 10.5. The van der Waals surface area contributed by atoms with Crippen LogP contribution in [0.5, 0.6) is 0 Å². The average Bonchev–Trinajstić information content (AvgIpc) is 2.78. The van der Waals surface area contributed by atoms with E-state index in [0.717, 1.165) is 31.7 Å². The third kappa shape index (κ3) is 2.55. The van der Waals surface area contributed by atoms with Crippen molar-refractivity contribution in [1.82, 2.24) is 4.90 Å². The Kier molecular flexibility index (Phi) is 3.87. The molecule has 3 unspecified atom stereocenters. The highest BCUT2D eigenvalue weighted by atomic mass is 16.5. The largest absolute Gasteiger partial charge is 0.387 e. The molecule has 1 aromatic carbocycles. The molecule has 0 spiro atoms. The maximum atomic E-state index is 10.5. The molecule has 3 atom stereocenters. The Morgan fingerprint density at radius 3 is 3.00 bits per heavy atom. The Labute approximate surface area is 115 Å². The van der Waals surface area contributed by atoms with Crippen molar-refractivity contribution in [3.05, 3.63) is 35.4 Å². The van der Waals surface area contributed by atoms with E-state index in [0.29, 0.717) is 5.92 Å². The monoisotopic (exact) mass is 261 g/mol. The van der Waals surface area contributed by atoms with Gasteiger partial charge in [0.1, 0.15) is 0 Å². The minimum absolute atomic E-state index is 0.261. The van der Waals surface area contributed by atoms with Gasteiger partial charge in [-0.2, -0.15) is 0 Å². The number of aliphatic hydroxyl groups is 1. The summed E-state index contributed by atoms with van der Waals surface area (Å²) < 4.78 is 5.29. The SMILES string of the molecule is COCC1CCCN(C2Cc3ccccc3C2O)C1. The first-order valence-electron chi connectivity index (χ1n) is 7.28. The van der Waals surface area contributed by atoms with Crippen LogP contribution in [0.15, 0.2) is 24.3 Å². The lowest BCUT2D eigenvalue weighted by Gasteiger charge is -2.37. The van der Waals surface area contributed by atoms with E-state index in [9.17, 15) is 5.11 Å². The molecule has 3 nitrogen and oxygen atoms in total. The lowest BCUT2D eigenvalue weighted by Crippen LogP contribution is -2.45. The number of fused-ring (bicyclic) bond motifs is 1. The molecule has 0 bridgehead atoms. The first-order valence-corrected chi connectivity index (χ1v) is 7.28. The highest BCUT2D eigenvalue weighted by Gasteiger charge is 2.36. The van der Waals surface area contributed by atoms with Crippen molar-refractivity contribution in [2.75, 3.05) is 26.8 Å². The van der Waals surface area contributed by atoms with Gasteiger partial charge in [0.25, 0.3) is 0 Å². The second kappa shape index (κ2) is 5.61. The number of benzene rings is 1. The van der Waals surface area contributed by atoms with Crippen LogP contribution in [0.2, 0.25) is 0 Å². The summed E-state index contributed by atoms with van der Waals surface area (Å²) in [6.45, 7) is 3.01. The minimum Gasteiger partial charge on any atom is -0.387 e. The van der Waals surface area contributed by atoms with Crippen molar-refractivity contribution >= 4 is 0 Å². The van der Waals surface area contributed by atoms with Crippen molar-refractivity contribution in [3.63, 3.8) is 0 Å². The first kappa shape index (κ1) is 13.1. The molecule has 0 amide bonds. The van der Waals surface area contributed by atoms with E-state index in [4.69, 9.17) is 4.74 Å². The van der Waals surface area contributed by atoms with E-state index in [1.165, 1.54) is 18.4 Å². The van der Waals surface area contributed by atoms with Crippen LogP contribution in [0.25, 0.3) is 0 Å². The fourth-order valence-electron chi connectivity index (χ4n) is 3.65. The van der Waals surface area contributed by atoms with Crippen LogP contribution in [0.4, 0.5) is 0 Å². The fraction of sp³-hybridized carbons (Fsp3) is 0.625. The maximum absolute atomic E-state index is 10.5. The van der Waals surface area contributed by atoms with E-state index in [2.05, 4.69) is 23.1 Å². The molecule has 1 aliphatic heterocycles. The van der Waals surface area contributed by atoms with Crippen LogP contribution in [0.3, 0.4) is 0 Å².